The van der Waals surface area contributed by atoms with E-state index in [0.717, 1.165) is 15.6 Å². The summed E-state index contributed by atoms with van der Waals surface area (Å²) in [5.74, 6) is -0.0860. The normalized spacial score (nSPS) is 11.6. The monoisotopic (exact) mass is 311 g/mol. The smallest absolute Gasteiger partial charge is 0.226 e. The minimum Gasteiger partial charge on any atom is -0.374 e. The summed E-state index contributed by atoms with van der Waals surface area (Å²) in [7, 11) is 0. The van der Waals surface area contributed by atoms with Crippen molar-refractivity contribution in [2.45, 2.75) is 39.7 Å². The van der Waals surface area contributed by atoms with Crippen molar-refractivity contribution >= 4 is 33.7 Å². The van der Waals surface area contributed by atoms with E-state index < -0.39 is 5.54 Å². The number of hydrogen-bond acceptors (Lipinski definition) is 7. The lowest BCUT2D eigenvalue weighted by molar-refractivity contribution is -0.122. The summed E-state index contributed by atoms with van der Waals surface area (Å²) in [4.78, 5) is 17.6. The number of nitrogen functional groups attached to an aromatic ring is 1. The highest BCUT2D eigenvalue weighted by molar-refractivity contribution is 7.15. The second kappa shape index (κ2) is 5.45. The van der Waals surface area contributed by atoms with Gasteiger partial charge >= 0.3 is 0 Å². The second-order valence-electron chi connectivity index (χ2n) is 5.03. The number of carbonyl (C=O) groups is 1. The fraction of sp³-hybridized carbons (Fsp3) is 0.500. The number of nitrogens with two attached hydrogens (primary N) is 1. The molecule has 0 bridgehead atoms. The van der Waals surface area contributed by atoms with Gasteiger partial charge in [0.1, 0.15) is 5.01 Å². The van der Waals surface area contributed by atoms with Crippen molar-refractivity contribution in [3.8, 4) is 0 Å². The number of aryl methyl sites for hydroxylation is 2. The second-order valence-corrected chi connectivity index (χ2v) is 7.45. The average molecular weight is 311 g/mol. The predicted octanol–water partition coefficient (Wildman–Crippen LogP) is 1.79. The number of thiazole rings is 1. The zero-order valence-electron chi connectivity index (χ0n) is 11.9. The van der Waals surface area contributed by atoms with Gasteiger partial charge in [-0.05, 0) is 27.7 Å². The molecule has 0 radical (unpaired) electrons. The molecule has 2 heterocycles. The van der Waals surface area contributed by atoms with Crippen LogP contribution < -0.4 is 11.1 Å². The highest BCUT2D eigenvalue weighted by Crippen LogP contribution is 2.25. The van der Waals surface area contributed by atoms with E-state index in [1.165, 1.54) is 11.3 Å². The van der Waals surface area contributed by atoms with Gasteiger partial charge in [-0.25, -0.2) is 4.98 Å². The maximum Gasteiger partial charge on any atom is 0.226 e. The summed E-state index contributed by atoms with van der Waals surface area (Å²) in [6.07, 6.45) is 0.272. The van der Waals surface area contributed by atoms with Crippen LogP contribution in [0.4, 0.5) is 5.13 Å². The molecule has 2 aromatic heterocycles. The molecular weight excluding hydrogens is 294 g/mol. The predicted molar refractivity (Wildman–Crippen MR) is 80.8 cm³/mol. The first-order chi connectivity index (χ1) is 9.28. The standard InChI is InChI=1S/C12H17N5OS2/c1-6-8(14-7(2)19-6)5-9(18)15-12(3,4)10-16-17-11(13)20-10/h5H2,1-4H3,(H2,13,17)(H,15,18). The molecule has 8 heteroatoms. The Hall–Kier alpha value is -1.54. The molecule has 20 heavy (non-hydrogen) atoms. The largest absolute Gasteiger partial charge is 0.374 e. The molecule has 0 aliphatic rings. The molecule has 0 saturated heterocycles. The molecule has 0 unspecified atom stereocenters. The lowest BCUT2D eigenvalue weighted by Crippen LogP contribution is -2.41. The quantitative estimate of drug-likeness (QED) is 0.897. The van der Waals surface area contributed by atoms with E-state index >= 15 is 0 Å². The Morgan fingerprint density at radius 3 is 2.50 bits per heavy atom. The lowest BCUT2D eigenvalue weighted by atomic mass is 10.1. The fourth-order valence-electron chi connectivity index (χ4n) is 1.82. The number of anilines is 1. The van der Waals surface area contributed by atoms with E-state index in [1.807, 2.05) is 27.7 Å². The van der Waals surface area contributed by atoms with Gasteiger partial charge in [0, 0.05) is 4.88 Å². The van der Waals surface area contributed by atoms with E-state index in [0.29, 0.717) is 10.1 Å². The van der Waals surface area contributed by atoms with Gasteiger partial charge in [-0.15, -0.1) is 21.5 Å². The van der Waals surface area contributed by atoms with Gasteiger partial charge < -0.3 is 11.1 Å². The first kappa shape index (κ1) is 14.9. The molecule has 0 fully saturated rings. The maximum absolute atomic E-state index is 12.1. The van der Waals surface area contributed by atoms with Crippen LogP contribution in [0.3, 0.4) is 0 Å². The van der Waals surface area contributed by atoms with Crippen molar-refractivity contribution in [2.75, 3.05) is 5.73 Å². The number of nitrogens with one attached hydrogen (secondary N) is 1. The molecule has 0 spiro atoms. The fourth-order valence-corrected chi connectivity index (χ4v) is 3.32. The zero-order chi connectivity index (χ0) is 14.9. The van der Waals surface area contributed by atoms with E-state index in [1.54, 1.807) is 11.3 Å². The third-order valence-electron chi connectivity index (χ3n) is 2.75. The molecule has 1 amide bonds. The molecule has 0 atom stereocenters. The van der Waals surface area contributed by atoms with E-state index in [2.05, 4.69) is 20.5 Å². The number of nitrogens with zero attached hydrogens (tertiary/aromatic N) is 3. The Labute approximate surface area is 125 Å². The summed E-state index contributed by atoms with van der Waals surface area (Å²) < 4.78 is 0. The van der Waals surface area contributed by atoms with Crippen LogP contribution in [-0.2, 0) is 16.8 Å². The van der Waals surface area contributed by atoms with Gasteiger partial charge in [0.15, 0.2) is 0 Å². The first-order valence-electron chi connectivity index (χ1n) is 6.11. The summed E-state index contributed by atoms with van der Waals surface area (Å²) in [5, 5.41) is 12.8. The minimum absolute atomic E-state index is 0.0860. The number of aromatic nitrogens is 3. The topological polar surface area (TPSA) is 93.8 Å². The van der Waals surface area contributed by atoms with Gasteiger partial charge in [0.2, 0.25) is 11.0 Å². The summed E-state index contributed by atoms with van der Waals surface area (Å²) in [5.41, 5.74) is 5.82. The van der Waals surface area contributed by atoms with Crippen LogP contribution in [0.25, 0.3) is 0 Å². The van der Waals surface area contributed by atoms with E-state index in [4.69, 9.17) is 5.73 Å². The average Bonchev–Trinajstić information content (AvgIpc) is 2.85. The summed E-state index contributed by atoms with van der Waals surface area (Å²) >= 11 is 2.88. The van der Waals surface area contributed by atoms with Gasteiger partial charge in [-0.2, -0.15) is 0 Å². The molecule has 6 nitrogen and oxygen atoms in total. The van der Waals surface area contributed by atoms with Crippen LogP contribution in [-0.4, -0.2) is 21.1 Å². The van der Waals surface area contributed by atoms with E-state index in [-0.39, 0.29) is 12.3 Å². The lowest BCUT2D eigenvalue weighted by Gasteiger charge is -2.23. The summed E-state index contributed by atoms with van der Waals surface area (Å²) in [6.45, 7) is 7.67. The Kier molecular flexibility index (Phi) is 4.05. The molecule has 108 valence electrons. The number of carbonyl (C=O) groups excluding carboxylic acids is 1. The van der Waals surface area contributed by atoms with Crippen LogP contribution in [0.2, 0.25) is 0 Å². The Morgan fingerprint density at radius 1 is 1.30 bits per heavy atom. The SMILES string of the molecule is Cc1nc(CC(=O)NC(C)(C)c2nnc(N)s2)c(C)s1. The van der Waals surface area contributed by atoms with Crippen molar-refractivity contribution in [3.63, 3.8) is 0 Å². The highest BCUT2D eigenvalue weighted by atomic mass is 32.1. The Bertz CT molecular complexity index is 632. The third kappa shape index (κ3) is 3.31. The van der Waals surface area contributed by atoms with Crippen molar-refractivity contribution < 1.29 is 4.79 Å². The molecule has 0 saturated carbocycles. The third-order valence-corrected chi connectivity index (χ3v) is 4.76. The maximum atomic E-state index is 12.1. The molecular formula is C12H17N5OS2. The van der Waals surface area contributed by atoms with Crippen LogP contribution in [0, 0.1) is 13.8 Å². The molecule has 0 aliphatic heterocycles. The summed E-state index contributed by atoms with van der Waals surface area (Å²) in [6, 6.07) is 0. The van der Waals surface area contributed by atoms with Crippen molar-refractivity contribution in [3.05, 3.63) is 20.6 Å². The Morgan fingerprint density at radius 2 is 2.00 bits per heavy atom. The molecule has 0 aromatic carbocycles. The van der Waals surface area contributed by atoms with Crippen LogP contribution in [0.15, 0.2) is 0 Å². The van der Waals surface area contributed by atoms with Gasteiger partial charge in [-0.3, -0.25) is 4.79 Å². The molecule has 2 aromatic rings. The van der Waals surface area contributed by atoms with Crippen molar-refractivity contribution in [1.82, 2.24) is 20.5 Å². The molecule has 3 N–H and O–H groups in total. The molecule has 0 aliphatic carbocycles. The van der Waals surface area contributed by atoms with Gasteiger partial charge in [0.25, 0.3) is 0 Å². The van der Waals surface area contributed by atoms with Crippen LogP contribution in [0.1, 0.15) is 34.4 Å². The molecule has 2 rings (SSSR count). The highest BCUT2D eigenvalue weighted by Gasteiger charge is 2.27. The van der Waals surface area contributed by atoms with E-state index in [9.17, 15) is 4.79 Å². The van der Waals surface area contributed by atoms with Crippen LogP contribution >= 0.6 is 22.7 Å². The van der Waals surface area contributed by atoms with Crippen molar-refractivity contribution in [1.29, 1.82) is 0 Å². The van der Waals surface area contributed by atoms with Gasteiger partial charge in [-0.1, -0.05) is 11.3 Å². The Balaban J connectivity index is 2.06. The van der Waals surface area contributed by atoms with Gasteiger partial charge in [0.05, 0.1) is 22.7 Å². The zero-order valence-corrected chi connectivity index (χ0v) is 13.5. The van der Waals surface area contributed by atoms with Crippen molar-refractivity contribution in [2.24, 2.45) is 0 Å². The number of rotatable bonds is 4. The minimum atomic E-state index is -0.592. The van der Waals surface area contributed by atoms with Crippen LogP contribution in [0.5, 0.6) is 0 Å². The number of hydrogen-bond donors (Lipinski definition) is 2. The number of amides is 1. The first-order valence-corrected chi connectivity index (χ1v) is 7.74.